The summed E-state index contributed by atoms with van der Waals surface area (Å²) < 4.78 is 5.60. The largest absolute Gasteiger partial charge is 0.366 e. The average Bonchev–Trinajstić information content (AvgIpc) is 2.36. The minimum atomic E-state index is -0.250. The first-order valence-electron chi connectivity index (χ1n) is 7.55. The lowest BCUT2D eigenvalue weighted by Gasteiger charge is -2.31. The van der Waals surface area contributed by atoms with Crippen LogP contribution < -0.4 is 5.32 Å². The van der Waals surface area contributed by atoms with E-state index in [0.29, 0.717) is 5.92 Å². The lowest BCUT2D eigenvalue weighted by atomic mass is 9.99. The van der Waals surface area contributed by atoms with Crippen molar-refractivity contribution in [2.45, 2.75) is 52.6 Å². The maximum Gasteiger partial charge on any atom is 0.248 e. The van der Waals surface area contributed by atoms with E-state index in [1.54, 1.807) is 0 Å². The molecule has 1 aliphatic rings. The predicted octanol–water partition coefficient (Wildman–Crippen LogP) is 2.04. The van der Waals surface area contributed by atoms with Gasteiger partial charge in [0.2, 0.25) is 5.91 Å². The highest BCUT2D eigenvalue weighted by atomic mass is 16.5. The van der Waals surface area contributed by atoms with Crippen molar-refractivity contribution < 1.29 is 9.53 Å². The van der Waals surface area contributed by atoms with E-state index in [-0.39, 0.29) is 18.1 Å². The van der Waals surface area contributed by atoms with Gasteiger partial charge in [-0.2, -0.15) is 0 Å². The second-order valence-electron chi connectivity index (χ2n) is 6.45. The van der Waals surface area contributed by atoms with Crippen LogP contribution in [0.25, 0.3) is 0 Å². The second kappa shape index (κ2) is 7.85. The van der Waals surface area contributed by atoms with Crippen LogP contribution in [0.2, 0.25) is 0 Å². The molecular weight excluding hydrogens is 240 g/mol. The molecule has 4 nitrogen and oxygen atoms in total. The summed E-state index contributed by atoms with van der Waals surface area (Å²) in [4.78, 5) is 14.2. The molecule has 0 bridgehead atoms. The fourth-order valence-electron chi connectivity index (χ4n) is 2.35. The van der Waals surface area contributed by atoms with Gasteiger partial charge in [-0.3, -0.25) is 4.79 Å². The van der Waals surface area contributed by atoms with E-state index in [9.17, 15) is 4.79 Å². The number of nitrogens with zero attached hydrogens (tertiary/aromatic N) is 1. The van der Waals surface area contributed by atoms with Gasteiger partial charge < -0.3 is 15.0 Å². The van der Waals surface area contributed by atoms with Crippen molar-refractivity contribution in [2.75, 3.05) is 32.8 Å². The van der Waals surface area contributed by atoms with Gasteiger partial charge in [-0.25, -0.2) is 0 Å². The monoisotopic (exact) mass is 270 g/mol. The summed E-state index contributed by atoms with van der Waals surface area (Å²) in [6.45, 7) is 12.1. The highest BCUT2D eigenvalue weighted by molar-refractivity contribution is 5.77. The Morgan fingerprint density at radius 3 is 2.68 bits per heavy atom. The quantitative estimate of drug-likeness (QED) is 0.803. The number of rotatable bonds is 6. The molecule has 19 heavy (non-hydrogen) atoms. The zero-order chi connectivity index (χ0) is 14.3. The lowest BCUT2D eigenvalue weighted by Crippen LogP contribution is -2.43. The summed E-state index contributed by atoms with van der Waals surface area (Å²) in [5.74, 6) is 0.723. The number of nitrogens with one attached hydrogen (secondary N) is 1. The molecule has 4 heteroatoms. The minimum absolute atomic E-state index is 0.127. The third-order valence-corrected chi connectivity index (χ3v) is 3.35. The van der Waals surface area contributed by atoms with E-state index >= 15 is 0 Å². The summed E-state index contributed by atoms with van der Waals surface area (Å²) >= 11 is 0. The number of amides is 1. The normalized spacial score (nSPS) is 20.3. The van der Waals surface area contributed by atoms with Crippen LogP contribution >= 0.6 is 0 Å². The molecule has 1 saturated heterocycles. The van der Waals surface area contributed by atoms with E-state index in [1.165, 1.54) is 12.8 Å². The first kappa shape index (κ1) is 16.4. The maximum atomic E-state index is 12.2. The Bertz CT molecular complexity index is 268. The summed E-state index contributed by atoms with van der Waals surface area (Å²) in [5.41, 5.74) is -0.250. The van der Waals surface area contributed by atoms with Crippen molar-refractivity contribution in [3.63, 3.8) is 0 Å². The van der Waals surface area contributed by atoms with E-state index < -0.39 is 0 Å². The Morgan fingerprint density at radius 1 is 1.42 bits per heavy atom. The first-order valence-corrected chi connectivity index (χ1v) is 7.55. The van der Waals surface area contributed by atoms with Gasteiger partial charge in [-0.1, -0.05) is 6.92 Å². The van der Waals surface area contributed by atoms with Crippen molar-refractivity contribution >= 4 is 5.91 Å². The van der Waals surface area contributed by atoms with Gasteiger partial charge >= 0.3 is 0 Å². The van der Waals surface area contributed by atoms with Crippen molar-refractivity contribution in [3.8, 4) is 0 Å². The molecule has 0 aromatic carbocycles. The summed E-state index contributed by atoms with van der Waals surface area (Å²) in [6.07, 6.45) is 3.44. The molecule has 112 valence electrons. The molecule has 1 aliphatic heterocycles. The van der Waals surface area contributed by atoms with Gasteiger partial charge in [0.05, 0.1) is 5.60 Å². The molecule has 1 heterocycles. The topological polar surface area (TPSA) is 41.6 Å². The van der Waals surface area contributed by atoms with Crippen LogP contribution in [-0.2, 0) is 9.53 Å². The van der Waals surface area contributed by atoms with Crippen LogP contribution in [0.1, 0.15) is 47.0 Å². The first-order chi connectivity index (χ1) is 8.92. The fraction of sp³-hybridized carbons (Fsp3) is 0.933. The predicted molar refractivity (Wildman–Crippen MR) is 78.2 cm³/mol. The van der Waals surface area contributed by atoms with Crippen LogP contribution in [0.3, 0.4) is 0 Å². The van der Waals surface area contributed by atoms with Gasteiger partial charge in [0, 0.05) is 13.1 Å². The molecule has 1 amide bonds. The van der Waals surface area contributed by atoms with Crippen LogP contribution in [0, 0.1) is 5.92 Å². The Morgan fingerprint density at radius 2 is 2.16 bits per heavy atom. The van der Waals surface area contributed by atoms with E-state index in [4.69, 9.17) is 4.74 Å². The summed E-state index contributed by atoms with van der Waals surface area (Å²) in [5, 5.41) is 3.41. The van der Waals surface area contributed by atoms with Crippen LogP contribution in [0.5, 0.6) is 0 Å². The molecule has 0 spiro atoms. The van der Waals surface area contributed by atoms with Gasteiger partial charge in [0.25, 0.3) is 0 Å². The fourth-order valence-corrected chi connectivity index (χ4v) is 2.35. The van der Waals surface area contributed by atoms with Gasteiger partial charge in [0.1, 0.15) is 6.61 Å². The second-order valence-corrected chi connectivity index (χ2v) is 6.45. The lowest BCUT2D eigenvalue weighted by molar-refractivity contribution is -0.141. The molecular formula is C15H30N2O2. The number of carbonyl (C=O) groups is 1. The summed E-state index contributed by atoms with van der Waals surface area (Å²) in [7, 11) is 0. The van der Waals surface area contributed by atoms with Crippen LogP contribution in [0.4, 0.5) is 0 Å². The van der Waals surface area contributed by atoms with Crippen LogP contribution in [-0.4, -0.2) is 49.2 Å². The highest BCUT2D eigenvalue weighted by Gasteiger charge is 2.21. The van der Waals surface area contributed by atoms with Crippen molar-refractivity contribution in [2.24, 2.45) is 5.92 Å². The zero-order valence-corrected chi connectivity index (χ0v) is 13.0. The molecule has 1 N–H and O–H groups in total. The standard InChI is InChI=1S/C15H30N2O2/c1-5-9-17(11-13-7-6-8-16-10-13)14(18)12-19-15(2,3)4/h13,16H,5-12H2,1-4H3. The van der Waals surface area contributed by atoms with E-state index in [0.717, 1.165) is 32.6 Å². The molecule has 0 aromatic heterocycles. The summed E-state index contributed by atoms with van der Waals surface area (Å²) in [6, 6.07) is 0. The van der Waals surface area contributed by atoms with Crippen molar-refractivity contribution in [1.29, 1.82) is 0 Å². The SMILES string of the molecule is CCCN(CC1CCCNC1)C(=O)COC(C)(C)C. The number of carbonyl (C=O) groups excluding carboxylic acids is 1. The van der Waals surface area contributed by atoms with Gasteiger partial charge in [-0.05, 0) is 59.0 Å². The van der Waals surface area contributed by atoms with Crippen molar-refractivity contribution in [1.82, 2.24) is 10.2 Å². The smallest absolute Gasteiger partial charge is 0.248 e. The zero-order valence-electron chi connectivity index (χ0n) is 13.0. The van der Waals surface area contributed by atoms with Crippen molar-refractivity contribution in [3.05, 3.63) is 0 Å². The average molecular weight is 270 g/mol. The molecule has 1 atom stereocenters. The number of piperidine rings is 1. The van der Waals surface area contributed by atoms with Gasteiger partial charge in [0.15, 0.2) is 0 Å². The van der Waals surface area contributed by atoms with Crippen LogP contribution in [0.15, 0.2) is 0 Å². The van der Waals surface area contributed by atoms with E-state index in [1.807, 2.05) is 25.7 Å². The Hall–Kier alpha value is -0.610. The maximum absolute atomic E-state index is 12.2. The van der Waals surface area contributed by atoms with Gasteiger partial charge in [-0.15, -0.1) is 0 Å². The number of hydrogen-bond donors (Lipinski definition) is 1. The number of hydrogen-bond acceptors (Lipinski definition) is 3. The molecule has 0 aromatic rings. The third-order valence-electron chi connectivity index (χ3n) is 3.35. The molecule has 0 radical (unpaired) electrons. The minimum Gasteiger partial charge on any atom is -0.366 e. The Balaban J connectivity index is 2.43. The third kappa shape index (κ3) is 6.92. The highest BCUT2D eigenvalue weighted by Crippen LogP contribution is 2.13. The molecule has 1 unspecified atom stereocenters. The molecule has 0 aliphatic carbocycles. The Kier molecular flexibility index (Phi) is 6.80. The Labute approximate surface area is 117 Å². The molecule has 1 rings (SSSR count). The number of ether oxygens (including phenoxy) is 1. The molecule has 0 saturated carbocycles. The van der Waals surface area contributed by atoms with E-state index in [2.05, 4.69) is 12.2 Å². The molecule has 1 fully saturated rings.